The quantitative estimate of drug-likeness (QED) is 0.844. The third-order valence-corrected chi connectivity index (χ3v) is 3.72. The van der Waals surface area contributed by atoms with E-state index in [-0.39, 0.29) is 18.9 Å². The largest absolute Gasteiger partial charge is 0.481 e. The van der Waals surface area contributed by atoms with Crippen molar-refractivity contribution in [2.24, 2.45) is 5.41 Å². The highest BCUT2D eigenvalue weighted by Gasteiger charge is 2.31. The van der Waals surface area contributed by atoms with Gasteiger partial charge in [-0.1, -0.05) is 35.0 Å². The second kappa shape index (κ2) is 6.70. The lowest BCUT2D eigenvalue weighted by molar-refractivity contribution is -0.148. The molecule has 5 heteroatoms. The number of hydrogen-bond donors (Lipinski definition) is 2. The summed E-state index contributed by atoms with van der Waals surface area (Å²) in [6, 6.07) is 7.48. The minimum absolute atomic E-state index is 0.145. The molecule has 0 saturated carbocycles. The van der Waals surface area contributed by atoms with Crippen molar-refractivity contribution in [3.05, 3.63) is 34.3 Å². The summed E-state index contributed by atoms with van der Waals surface area (Å²) in [5, 5.41) is 11.8. The van der Waals surface area contributed by atoms with Crippen LogP contribution in [0.25, 0.3) is 0 Å². The van der Waals surface area contributed by atoms with Crippen LogP contribution in [0.1, 0.15) is 25.8 Å². The van der Waals surface area contributed by atoms with Crippen molar-refractivity contribution in [2.45, 2.75) is 26.7 Å². The van der Waals surface area contributed by atoms with E-state index in [0.29, 0.717) is 6.42 Å². The number of aliphatic carboxylic acids is 1. The zero-order valence-corrected chi connectivity index (χ0v) is 12.7. The number of rotatable bonds is 6. The number of carbonyl (C=O) groups excluding carboxylic acids is 1. The number of halogens is 1. The second-order valence-electron chi connectivity index (χ2n) is 4.80. The molecule has 0 aliphatic carbocycles. The van der Waals surface area contributed by atoms with E-state index in [4.69, 9.17) is 5.11 Å². The number of carboxylic acids is 1. The van der Waals surface area contributed by atoms with Crippen LogP contribution in [-0.4, -0.2) is 23.5 Å². The summed E-state index contributed by atoms with van der Waals surface area (Å²) >= 11 is 3.34. The lowest BCUT2D eigenvalue weighted by atomic mass is 9.87. The Hall–Kier alpha value is -1.36. The summed E-state index contributed by atoms with van der Waals surface area (Å²) in [7, 11) is 0. The second-order valence-corrected chi connectivity index (χ2v) is 5.72. The van der Waals surface area contributed by atoms with Crippen LogP contribution >= 0.6 is 15.9 Å². The Labute approximate surface area is 121 Å². The Morgan fingerprint density at radius 1 is 1.42 bits per heavy atom. The Balaban J connectivity index is 2.55. The molecule has 0 spiro atoms. The van der Waals surface area contributed by atoms with Gasteiger partial charge in [0.2, 0.25) is 5.91 Å². The summed E-state index contributed by atoms with van der Waals surface area (Å²) < 4.78 is 0.918. The van der Waals surface area contributed by atoms with Gasteiger partial charge in [0.25, 0.3) is 0 Å². The van der Waals surface area contributed by atoms with Crippen LogP contribution in [-0.2, 0) is 16.0 Å². The fraction of sp³-hybridized carbons (Fsp3) is 0.429. The summed E-state index contributed by atoms with van der Waals surface area (Å²) in [5.74, 6) is -1.06. The summed E-state index contributed by atoms with van der Waals surface area (Å²) in [5.41, 5.74) is -0.0205. The van der Waals surface area contributed by atoms with Crippen molar-refractivity contribution in [2.75, 3.05) is 6.54 Å². The highest BCUT2D eigenvalue weighted by Crippen LogP contribution is 2.20. The van der Waals surface area contributed by atoms with Crippen LogP contribution in [0.4, 0.5) is 0 Å². The highest BCUT2D eigenvalue weighted by atomic mass is 79.9. The SMILES string of the molecule is CCC(C)(CNC(=O)Cc1cccc(Br)c1)C(=O)O. The standard InChI is InChI=1S/C14H18BrNO3/c1-3-14(2,13(18)19)9-16-12(17)8-10-5-4-6-11(15)7-10/h4-7H,3,8-9H2,1-2H3,(H,16,17)(H,18,19). The maximum Gasteiger partial charge on any atom is 0.311 e. The molecule has 2 N–H and O–H groups in total. The third-order valence-electron chi connectivity index (χ3n) is 3.23. The number of benzene rings is 1. The monoisotopic (exact) mass is 327 g/mol. The van der Waals surface area contributed by atoms with Crippen LogP contribution in [0.3, 0.4) is 0 Å². The summed E-state index contributed by atoms with van der Waals surface area (Å²) in [6.07, 6.45) is 0.721. The average Bonchev–Trinajstić information content (AvgIpc) is 2.35. The number of carbonyl (C=O) groups is 2. The Morgan fingerprint density at radius 2 is 2.11 bits per heavy atom. The maximum absolute atomic E-state index is 11.8. The van der Waals surface area contributed by atoms with Gasteiger partial charge in [-0.3, -0.25) is 9.59 Å². The molecule has 104 valence electrons. The first kappa shape index (κ1) is 15.7. The molecular formula is C14H18BrNO3. The molecule has 1 atom stereocenters. The molecule has 0 aromatic heterocycles. The van der Waals surface area contributed by atoms with Gasteiger partial charge in [0, 0.05) is 11.0 Å². The zero-order chi connectivity index (χ0) is 14.5. The predicted molar refractivity (Wildman–Crippen MR) is 76.9 cm³/mol. The minimum Gasteiger partial charge on any atom is -0.481 e. The molecule has 0 aliphatic heterocycles. The third kappa shape index (κ3) is 4.67. The van der Waals surface area contributed by atoms with E-state index in [1.807, 2.05) is 24.3 Å². The fourth-order valence-electron chi connectivity index (χ4n) is 1.54. The van der Waals surface area contributed by atoms with E-state index in [2.05, 4.69) is 21.2 Å². The summed E-state index contributed by atoms with van der Waals surface area (Å²) in [4.78, 5) is 22.9. The fourth-order valence-corrected chi connectivity index (χ4v) is 1.99. The molecule has 0 saturated heterocycles. The van der Waals surface area contributed by atoms with Gasteiger partial charge in [-0.15, -0.1) is 0 Å². The summed E-state index contributed by atoms with van der Waals surface area (Å²) in [6.45, 7) is 3.58. The molecule has 0 radical (unpaired) electrons. The van der Waals surface area contributed by atoms with Gasteiger partial charge in [0.15, 0.2) is 0 Å². The van der Waals surface area contributed by atoms with E-state index in [9.17, 15) is 9.59 Å². The van der Waals surface area contributed by atoms with Crippen molar-refractivity contribution in [1.29, 1.82) is 0 Å². The van der Waals surface area contributed by atoms with Gasteiger partial charge >= 0.3 is 5.97 Å². The molecule has 19 heavy (non-hydrogen) atoms. The lowest BCUT2D eigenvalue weighted by Crippen LogP contribution is -2.41. The van der Waals surface area contributed by atoms with Crippen molar-refractivity contribution >= 4 is 27.8 Å². The van der Waals surface area contributed by atoms with Crippen LogP contribution in [0.5, 0.6) is 0 Å². The van der Waals surface area contributed by atoms with Crippen LogP contribution in [0.15, 0.2) is 28.7 Å². The minimum atomic E-state index is -0.910. The lowest BCUT2D eigenvalue weighted by Gasteiger charge is -2.23. The van der Waals surface area contributed by atoms with E-state index in [1.165, 1.54) is 0 Å². The van der Waals surface area contributed by atoms with Gasteiger partial charge in [-0.05, 0) is 31.0 Å². The Morgan fingerprint density at radius 3 is 2.63 bits per heavy atom. The molecule has 1 aromatic rings. The topological polar surface area (TPSA) is 66.4 Å². The molecule has 1 aromatic carbocycles. The van der Waals surface area contributed by atoms with Crippen LogP contribution in [0.2, 0.25) is 0 Å². The first-order valence-corrected chi connectivity index (χ1v) is 6.91. The molecule has 0 bridgehead atoms. The van der Waals surface area contributed by atoms with Crippen LogP contribution in [0, 0.1) is 5.41 Å². The zero-order valence-electron chi connectivity index (χ0n) is 11.1. The molecule has 1 rings (SSSR count). The van der Waals surface area contributed by atoms with E-state index < -0.39 is 11.4 Å². The first-order valence-electron chi connectivity index (χ1n) is 6.12. The molecule has 0 heterocycles. The number of hydrogen-bond acceptors (Lipinski definition) is 2. The van der Waals surface area contributed by atoms with Crippen molar-refractivity contribution in [3.63, 3.8) is 0 Å². The van der Waals surface area contributed by atoms with E-state index in [1.54, 1.807) is 13.8 Å². The molecule has 1 amide bonds. The number of amides is 1. The molecule has 4 nitrogen and oxygen atoms in total. The molecule has 0 aliphatic rings. The van der Waals surface area contributed by atoms with Gasteiger partial charge < -0.3 is 10.4 Å². The molecule has 0 fully saturated rings. The maximum atomic E-state index is 11.8. The van der Waals surface area contributed by atoms with Crippen molar-refractivity contribution in [1.82, 2.24) is 5.32 Å². The Kier molecular flexibility index (Phi) is 5.54. The van der Waals surface area contributed by atoms with E-state index >= 15 is 0 Å². The van der Waals surface area contributed by atoms with Crippen LogP contribution < -0.4 is 5.32 Å². The van der Waals surface area contributed by atoms with Gasteiger partial charge in [-0.25, -0.2) is 0 Å². The van der Waals surface area contributed by atoms with Gasteiger partial charge in [0.05, 0.1) is 11.8 Å². The van der Waals surface area contributed by atoms with Gasteiger partial charge in [-0.2, -0.15) is 0 Å². The molecular weight excluding hydrogens is 310 g/mol. The van der Waals surface area contributed by atoms with Crippen molar-refractivity contribution < 1.29 is 14.7 Å². The smallest absolute Gasteiger partial charge is 0.311 e. The Bertz CT molecular complexity index is 476. The van der Waals surface area contributed by atoms with E-state index in [0.717, 1.165) is 10.0 Å². The average molecular weight is 328 g/mol. The predicted octanol–water partition coefficient (Wildman–Crippen LogP) is 2.61. The molecule has 1 unspecified atom stereocenters. The van der Waals surface area contributed by atoms with Gasteiger partial charge in [0.1, 0.15) is 0 Å². The number of nitrogens with one attached hydrogen (secondary N) is 1. The first-order chi connectivity index (χ1) is 8.87. The highest BCUT2D eigenvalue weighted by molar-refractivity contribution is 9.10. The van der Waals surface area contributed by atoms with Crippen molar-refractivity contribution in [3.8, 4) is 0 Å². The number of carboxylic acid groups (broad SMARTS) is 1. The normalized spacial score (nSPS) is 13.6.